The van der Waals surface area contributed by atoms with E-state index in [4.69, 9.17) is 25.9 Å². The third kappa shape index (κ3) is 3.48. The van der Waals surface area contributed by atoms with Crippen molar-refractivity contribution < 1.29 is 19.1 Å². The van der Waals surface area contributed by atoms with E-state index in [2.05, 4.69) is 0 Å². The second-order valence-electron chi connectivity index (χ2n) is 5.43. The summed E-state index contributed by atoms with van der Waals surface area (Å²) in [7, 11) is 0. The van der Waals surface area contributed by atoms with E-state index < -0.39 is 11.4 Å². The van der Waals surface area contributed by atoms with Crippen LogP contribution in [0.3, 0.4) is 0 Å². The number of aromatic carboxylic acids is 1. The van der Waals surface area contributed by atoms with Crippen molar-refractivity contribution in [3.8, 4) is 5.75 Å². The number of fused-ring (bicyclic) bond motifs is 1. The Morgan fingerprint density at radius 1 is 1.23 bits per heavy atom. The van der Waals surface area contributed by atoms with Gasteiger partial charge in [-0.1, -0.05) is 29.8 Å². The predicted molar refractivity (Wildman–Crippen MR) is 101 cm³/mol. The molecular weight excluding hydrogens is 356 g/mol. The lowest BCUT2D eigenvalue weighted by molar-refractivity contribution is 0.0697. The summed E-state index contributed by atoms with van der Waals surface area (Å²) in [4.78, 5) is 23.9. The summed E-state index contributed by atoms with van der Waals surface area (Å²) in [6.45, 7) is 2.01. The van der Waals surface area contributed by atoms with Gasteiger partial charge < -0.3 is 14.3 Å². The Kier molecular flexibility index (Phi) is 5.09. The van der Waals surface area contributed by atoms with Crippen LogP contribution in [0.4, 0.5) is 0 Å². The number of carbonyl (C=O) groups is 1. The van der Waals surface area contributed by atoms with E-state index in [1.807, 2.05) is 18.2 Å². The van der Waals surface area contributed by atoms with E-state index in [1.54, 1.807) is 25.1 Å². The zero-order valence-electron chi connectivity index (χ0n) is 13.9. The summed E-state index contributed by atoms with van der Waals surface area (Å²) in [6, 6.07) is 11.4. The molecule has 132 valence electrons. The fraction of sp³-hybridized carbons (Fsp3) is 0.100. The third-order valence-electron chi connectivity index (χ3n) is 3.73. The summed E-state index contributed by atoms with van der Waals surface area (Å²) in [5, 5.41) is 9.83. The van der Waals surface area contributed by atoms with Crippen molar-refractivity contribution in [2.45, 2.75) is 6.92 Å². The van der Waals surface area contributed by atoms with E-state index >= 15 is 0 Å². The molecule has 6 heteroatoms. The minimum Gasteiger partial charge on any atom is -0.487 e. The lowest BCUT2D eigenvalue weighted by Crippen LogP contribution is -2.10. The zero-order chi connectivity index (χ0) is 18.7. The van der Waals surface area contributed by atoms with Gasteiger partial charge in [0, 0.05) is 5.02 Å². The van der Waals surface area contributed by atoms with Crippen molar-refractivity contribution in [3.63, 3.8) is 0 Å². The van der Waals surface area contributed by atoms with E-state index in [9.17, 15) is 9.59 Å². The average molecular weight is 371 g/mol. The van der Waals surface area contributed by atoms with Crippen molar-refractivity contribution in [3.05, 3.63) is 74.6 Å². The molecule has 0 radical (unpaired) electrons. The normalized spacial score (nSPS) is 11.2. The van der Waals surface area contributed by atoms with Gasteiger partial charge >= 0.3 is 5.97 Å². The van der Waals surface area contributed by atoms with Crippen molar-refractivity contribution in [2.24, 2.45) is 0 Å². The number of ether oxygens (including phenoxy) is 1. The highest BCUT2D eigenvalue weighted by Crippen LogP contribution is 2.25. The molecule has 3 aromatic rings. The molecular formula is C20H15ClO5. The molecule has 1 N–H and O–H groups in total. The van der Waals surface area contributed by atoms with Gasteiger partial charge in [-0.05, 0) is 48.9 Å². The third-order valence-corrected chi connectivity index (χ3v) is 4.07. The Morgan fingerprint density at radius 2 is 2.00 bits per heavy atom. The van der Waals surface area contributed by atoms with Gasteiger partial charge in [-0.15, -0.1) is 0 Å². The van der Waals surface area contributed by atoms with Crippen molar-refractivity contribution >= 4 is 40.7 Å². The van der Waals surface area contributed by atoms with E-state index in [0.29, 0.717) is 5.02 Å². The standard InChI is InChI=1S/C20H15ClO5/c1-2-25-19-17(10-7-12-5-3-4-6-15(12)21)26-16-9-8-13(20(23)24)11-14(16)18(19)22/h3-11H,2H2,1H3,(H,23,24). The molecule has 0 atom stereocenters. The summed E-state index contributed by atoms with van der Waals surface area (Å²) in [6.07, 6.45) is 3.33. The molecule has 1 heterocycles. The lowest BCUT2D eigenvalue weighted by atomic mass is 10.1. The van der Waals surface area contributed by atoms with Gasteiger partial charge in [0.2, 0.25) is 11.2 Å². The lowest BCUT2D eigenvalue weighted by Gasteiger charge is -2.08. The summed E-state index contributed by atoms with van der Waals surface area (Å²) >= 11 is 6.13. The highest BCUT2D eigenvalue weighted by molar-refractivity contribution is 6.32. The van der Waals surface area contributed by atoms with Gasteiger partial charge in [-0.25, -0.2) is 4.79 Å². The molecule has 0 amide bonds. The highest BCUT2D eigenvalue weighted by atomic mass is 35.5. The molecule has 0 saturated carbocycles. The first kappa shape index (κ1) is 17.8. The van der Waals surface area contributed by atoms with E-state index in [1.165, 1.54) is 18.2 Å². The maximum absolute atomic E-state index is 12.8. The van der Waals surface area contributed by atoms with E-state index in [0.717, 1.165) is 5.56 Å². The van der Waals surface area contributed by atoms with Gasteiger partial charge in [-0.2, -0.15) is 0 Å². The molecule has 5 nitrogen and oxygen atoms in total. The van der Waals surface area contributed by atoms with Crippen LogP contribution in [-0.2, 0) is 0 Å². The molecule has 0 aliphatic rings. The first-order chi connectivity index (χ1) is 12.5. The summed E-state index contributed by atoms with van der Waals surface area (Å²) in [5.41, 5.74) is 0.629. The first-order valence-corrected chi connectivity index (χ1v) is 8.28. The smallest absolute Gasteiger partial charge is 0.335 e. The number of benzene rings is 2. The highest BCUT2D eigenvalue weighted by Gasteiger charge is 2.16. The largest absolute Gasteiger partial charge is 0.487 e. The van der Waals surface area contributed by atoms with Crippen LogP contribution in [0, 0.1) is 0 Å². The number of rotatable bonds is 5. The van der Waals surface area contributed by atoms with Crippen molar-refractivity contribution in [1.29, 1.82) is 0 Å². The average Bonchev–Trinajstić information content (AvgIpc) is 2.63. The fourth-order valence-corrected chi connectivity index (χ4v) is 2.69. The SMILES string of the molecule is CCOc1c(C=Cc2ccccc2Cl)oc2ccc(C(=O)O)cc2c1=O. The Morgan fingerprint density at radius 3 is 2.69 bits per heavy atom. The van der Waals surface area contributed by atoms with Gasteiger partial charge in [-0.3, -0.25) is 4.79 Å². The molecule has 0 fully saturated rings. The molecule has 1 aromatic heterocycles. The number of carboxylic acids is 1. The van der Waals surface area contributed by atoms with Gasteiger partial charge in [0.25, 0.3) is 0 Å². The van der Waals surface area contributed by atoms with Gasteiger partial charge in [0.1, 0.15) is 5.58 Å². The topological polar surface area (TPSA) is 76.7 Å². The van der Waals surface area contributed by atoms with Crippen LogP contribution in [-0.4, -0.2) is 17.7 Å². The summed E-state index contributed by atoms with van der Waals surface area (Å²) < 4.78 is 11.2. The van der Waals surface area contributed by atoms with Crippen LogP contribution in [0.15, 0.2) is 51.7 Å². The molecule has 0 unspecified atom stereocenters. The van der Waals surface area contributed by atoms with Gasteiger partial charge in [0.05, 0.1) is 17.6 Å². The van der Waals surface area contributed by atoms with Crippen LogP contribution in [0.25, 0.3) is 23.1 Å². The molecule has 0 spiro atoms. The van der Waals surface area contributed by atoms with Crippen molar-refractivity contribution in [1.82, 2.24) is 0 Å². The number of hydrogen-bond donors (Lipinski definition) is 1. The van der Waals surface area contributed by atoms with Crippen LogP contribution in [0.1, 0.15) is 28.6 Å². The quantitative estimate of drug-likeness (QED) is 0.703. The Bertz CT molecular complexity index is 1070. The number of carboxylic acid groups (broad SMARTS) is 1. The van der Waals surface area contributed by atoms with Crippen molar-refractivity contribution in [2.75, 3.05) is 6.61 Å². The van der Waals surface area contributed by atoms with Crippen LogP contribution in [0.5, 0.6) is 5.75 Å². The number of hydrogen-bond acceptors (Lipinski definition) is 4. The molecule has 0 saturated heterocycles. The maximum atomic E-state index is 12.8. The van der Waals surface area contributed by atoms with Crippen LogP contribution in [0.2, 0.25) is 5.02 Å². The van der Waals surface area contributed by atoms with Gasteiger partial charge in [0.15, 0.2) is 5.76 Å². The monoisotopic (exact) mass is 370 g/mol. The second kappa shape index (κ2) is 7.45. The first-order valence-electron chi connectivity index (χ1n) is 7.91. The van der Waals surface area contributed by atoms with Crippen LogP contribution < -0.4 is 10.2 Å². The molecule has 3 rings (SSSR count). The maximum Gasteiger partial charge on any atom is 0.335 e. The van der Waals surface area contributed by atoms with E-state index in [-0.39, 0.29) is 34.6 Å². The predicted octanol–water partition coefficient (Wildman–Crippen LogP) is 4.71. The second-order valence-corrected chi connectivity index (χ2v) is 5.84. The minimum absolute atomic E-state index is 0.00612. The minimum atomic E-state index is -1.12. The Hall–Kier alpha value is -3.05. The molecule has 2 aromatic carbocycles. The molecule has 0 bridgehead atoms. The summed E-state index contributed by atoms with van der Waals surface area (Å²) in [5.74, 6) is -0.842. The Balaban J connectivity index is 2.17. The zero-order valence-corrected chi connectivity index (χ0v) is 14.6. The fourth-order valence-electron chi connectivity index (χ4n) is 2.49. The molecule has 26 heavy (non-hydrogen) atoms. The van der Waals surface area contributed by atoms with Crippen LogP contribution >= 0.6 is 11.6 Å². The molecule has 0 aliphatic heterocycles. The Labute approximate surface area is 154 Å². The number of halogens is 1. The molecule has 0 aliphatic carbocycles.